The summed E-state index contributed by atoms with van der Waals surface area (Å²) < 4.78 is 39.3. The second-order valence-electron chi connectivity index (χ2n) is 7.13. The number of amides is 1. The maximum Gasteiger partial charge on any atom is 0.281 e. The van der Waals surface area contributed by atoms with E-state index >= 15 is 0 Å². The summed E-state index contributed by atoms with van der Waals surface area (Å²) in [5, 5.41) is 4.13. The van der Waals surface area contributed by atoms with Crippen LogP contribution in [0, 0.1) is 0 Å². The molecular weight excluding hydrogens is 482 g/mol. The standard InChI is InChI=1S/C22H20ClN5O5S/c1-28-18(22(29)27-34(30,31)14-6-4-13(32-2)5-7-14)10-15-17(9-8-16(23)21(15)28)26-19-11-20(33-3)25-12-24-19/h4-12H,1-3H3,(H,27,29)(H,24,25,26). The normalized spacial score (nSPS) is 11.3. The Bertz CT molecular complexity index is 1490. The molecule has 0 atom stereocenters. The number of aromatic nitrogens is 3. The van der Waals surface area contributed by atoms with Crippen molar-refractivity contribution in [2.45, 2.75) is 4.90 Å². The molecule has 0 saturated carbocycles. The topological polar surface area (TPSA) is 124 Å². The number of ether oxygens (including phenoxy) is 2. The maximum absolute atomic E-state index is 13.0. The van der Waals surface area contributed by atoms with Gasteiger partial charge in [0.05, 0.1) is 29.7 Å². The van der Waals surface area contributed by atoms with E-state index in [1.165, 1.54) is 49.4 Å². The summed E-state index contributed by atoms with van der Waals surface area (Å²) >= 11 is 6.40. The smallest absolute Gasteiger partial charge is 0.281 e. The number of nitrogens with one attached hydrogen (secondary N) is 2. The molecule has 2 aromatic heterocycles. The first-order valence-corrected chi connectivity index (χ1v) is 11.7. The maximum atomic E-state index is 13.0. The molecule has 0 spiro atoms. The van der Waals surface area contributed by atoms with E-state index in [0.717, 1.165) is 0 Å². The van der Waals surface area contributed by atoms with E-state index in [9.17, 15) is 13.2 Å². The van der Waals surface area contributed by atoms with Crippen LogP contribution in [0.25, 0.3) is 10.9 Å². The van der Waals surface area contributed by atoms with Gasteiger partial charge in [-0.3, -0.25) is 4.79 Å². The van der Waals surface area contributed by atoms with Crippen LogP contribution >= 0.6 is 11.6 Å². The summed E-state index contributed by atoms with van der Waals surface area (Å²) in [4.78, 5) is 21.0. The predicted octanol–water partition coefficient (Wildman–Crippen LogP) is 3.50. The van der Waals surface area contributed by atoms with Crippen molar-refractivity contribution in [3.05, 3.63) is 65.6 Å². The molecule has 0 saturated heterocycles. The van der Waals surface area contributed by atoms with Crippen LogP contribution in [0.2, 0.25) is 5.02 Å². The monoisotopic (exact) mass is 501 g/mol. The van der Waals surface area contributed by atoms with Crippen LogP contribution < -0.4 is 19.5 Å². The van der Waals surface area contributed by atoms with Crippen LogP contribution in [-0.4, -0.2) is 43.1 Å². The molecule has 0 fully saturated rings. The number of aryl methyl sites for hydroxylation is 1. The number of methoxy groups -OCH3 is 2. The molecule has 0 aliphatic heterocycles. The lowest BCUT2D eigenvalue weighted by molar-refractivity contribution is 0.0974. The van der Waals surface area contributed by atoms with Crippen molar-refractivity contribution in [1.29, 1.82) is 0 Å². The summed E-state index contributed by atoms with van der Waals surface area (Å²) in [6.45, 7) is 0. The van der Waals surface area contributed by atoms with Crippen LogP contribution in [0.4, 0.5) is 11.5 Å². The zero-order valence-corrected chi connectivity index (χ0v) is 19.9. The highest BCUT2D eigenvalue weighted by molar-refractivity contribution is 7.90. The van der Waals surface area contributed by atoms with Crippen LogP contribution in [0.15, 0.2) is 59.8 Å². The number of fused-ring (bicyclic) bond motifs is 1. The third kappa shape index (κ3) is 4.47. The lowest BCUT2D eigenvalue weighted by Crippen LogP contribution is -2.31. The van der Waals surface area contributed by atoms with E-state index in [4.69, 9.17) is 21.1 Å². The van der Waals surface area contributed by atoms with Gasteiger partial charge in [0.15, 0.2) is 0 Å². The fourth-order valence-electron chi connectivity index (χ4n) is 3.39. The SMILES string of the molecule is COc1ccc(S(=O)(=O)NC(=O)c2cc3c(Nc4cc(OC)ncn4)ccc(Cl)c3n2C)cc1. The lowest BCUT2D eigenvalue weighted by Gasteiger charge is -2.10. The van der Waals surface area contributed by atoms with Gasteiger partial charge in [0.2, 0.25) is 5.88 Å². The summed E-state index contributed by atoms with van der Waals surface area (Å²) in [5.74, 6) is 0.530. The van der Waals surface area contributed by atoms with Crippen molar-refractivity contribution < 1.29 is 22.7 Å². The number of hydrogen-bond donors (Lipinski definition) is 2. The highest BCUT2D eigenvalue weighted by atomic mass is 35.5. The largest absolute Gasteiger partial charge is 0.497 e. The van der Waals surface area contributed by atoms with Gasteiger partial charge in [-0.05, 0) is 42.5 Å². The number of rotatable bonds is 7. The third-order valence-electron chi connectivity index (χ3n) is 5.09. The molecule has 4 rings (SSSR count). The summed E-state index contributed by atoms with van der Waals surface area (Å²) in [5.41, 5.74) is 1.25. The van der Waals surface area contributed by atoms with Crippen molar-refractivity contribution in [3.63, 3.8) is 0 Å². The van der Waals surface area contributed by atoms with Crippen molar-refractivity contribution in [2.75, 3.05) is 19.5 Å². The highest BCUT2D eigenvalue weighted by Gasteiger charge is 2.23. The first-order chi connectivity index (χ1) is 16.2. The quantitative estimate of drug-likeness (QED) is 0.394. The number of hydrogen-bond acceptors (Lipinski definition) is 8. The van der Waals surface area contributed by atoms with Crippen LogP contribution in [0.3, 0.4) is 0 Å². The van der Waals surface area contributed by atoms with Gasteiger partial charge in [-0.1, -0.05) is 11.6 Å². The molecule has 12 heteroatoms. The van der Waals surface area contributed by atoms with E-state index < -0.39 is 15.9 Å². The van der Waals surface area contributed by atoms with Gasteiger partial charge < -0.3 is 19.4 Å². The van der Waals surface area contributed by atoms with Gasteiger partial charge in [-0.2, -0.15) is 0 Å². The Labute approximate surface area is 200 Å². The Morgan fingerprint density at radius 3 is 2.44 bits per heavy atom. The van der Waals surface area contributed by atoms with Crippen molar-refractivity contribution in [1.82, 2.24) is 19.3 Å². The molecule has 0 aliphatic rings. The number of halogens is 1. The Morgan fingerprint density at radius 1 is 1.03 bits per heavy atom. The minimum Gasteiger partial charge on any atom is -0.497 e. The van der Waals surface area contributed by atoms with E-state index in [0.29, 0.717) is 39.1 Å². The fraction of sp³-hybridized carbons (Fsp3) is 0.136. The summed E-state index contributed by atoms with van der Waals surface area (Å²) in [7, 11) is 0.482. The summed E-state index contributed by atoms with van der Waals surface area (Å²) in [6.07, 6.45) is 1.35. The molecule has 34 heavy (non-hydrogen) atoms. The fourth-order valence-corrected chi connectivity index (χ4v) is 4.65. The molecule has 1 amide bonds. The van der Waals surface area contributed by atoms with Crippen molar-refractivity contribution in [2.24, 2.45) is 7.05 Å². The molecule has 2 N–H and O–H groups in total. The minimum absolute atomic E-state index is 0.0708. The second-order valence-corrected chi connectivity index (χ2v) is 9.22. The van der Waals surface area contributed by atoms with E-state index in [1.807, 2.05) is 0 Å². The number of benzene rings is 2. The zero-order chi connectivity index (χ0) is 24.5. The highest BCUT2D eigenvalue weighted by Crippen LogP contribution is 2.34. The number of carbonyl (C=O) groups excluding carboxylic acids is 1. The molecule has 2 heterocycles. The Morgan fingerprint density at radius 2 is 1.76 bits per heavy atom. The molecule has 0 unspecified atom stereocenters. The Balaban J connectivity index is 1.68. The third-order valence-corrected chi connectivity index (χ3v) is 6.74. The lowest BCUT2D eigenvalue weighted by atomic mass is 10.2. The van der Waals surface area contributed by atoms with Gasteiger partial charge in [-0.25, -0.2) is 23.1 Å². The van der Waals surface area contributed by atoms with Gasteiger partial charge in [-0.15, -0.1) is 0 Å². The molecule has 2 aromatic carbocycles. The van der Waals surface area contributed by atoms with E-state index in [1.54, 1.807) is 31.3 Å². The average molecular weight is 502 g/mol. The van der Waals surface area contributed by atoms with Crippen LogP contribution in [0.1, 0.15) is 10.5 Å². The number of nitrogens with zero attached hydrogens (tertiary/aromatic N) is 3. The van der Waals surface area contributed by atoms with Crippen molar-refractivity contribution in [3.8, 4) is 11.6 Å². The summed E-state index contributed by atoms with van der Waals surface area (Å²) in [6, 6.07) is 12.3. The zero-order valence-electron chi connectivity index (χ0n) is 18.4. The molecule has 0 bridgehead atoms. The second kappa shape index (κ2) is 9.20. The van der Waals surface area contributed by atoms with E-state index in [-0.39, 0.29) is 10.6 Å². The Hall–Kier alpha value is -3.83. The average Bonchev–Trinajstić information content (AvgIpc) is 3.19. The van der Waals surface area contributed by atoms with Gasteiger partial charge in [0.1, 0.15) is 23.6 Å². The first-order valence-electron chi connectivity index (χ1n) is 9.85. The van der Waals surface area contributed by atoms with Crippen LogP contribution in [-0.2, 0) is 17.1 Å². The number of sulfonamides is 1. The van der Waals surface area contributed by atoms with E-state index in [2.05, 4.69) is 20.0 Å². The molecule has 10 nitrogen and oxygen atoms in total. The molecule has 176 valence electrons. The number of carbonyl (C=O) groups is 1. The van der Waals surface area contributed by atoms with Crippen molar-refractivity contribution >= 4 is 49.9 Å². The molecule has 0 radical (unpaired) electrons. The Kier molecular flexibility index (Phi) is 6.31. The van der Waals surface area contributed by atoms with Gasteiger partial charge in [0, 0.05) is 24.2 Å². The predicted molar refractivity (Wildman–Crippen MR) is 127 cm³/mol. The van der Waals surface area contributed by atoms with Gasteiger partial charge >= 0.3 is 0 Å². The molecule has 4 aromatic rings. The molecule has 0 aliphatic carbocycles. The first kappa shape index (κ1) is 23.3. The number of anilines is 2. The van der Waals surface area contributed by atoms with Crippen LogP contribution in [0.5, 0.6) is 11.6 Å². The van der Waals surface area contributed by atoms with Gasteiger partial charge in [0.25, 0.3) is 15.9 Å². The molecular formula is C22H20ClN5O5S. The minimum atomic E-state index is -4.11.